The average Bonchev–Trinajstić information content (AvgIpc) is 2.84. The lowest BCUT2D eigenvalue weighted by molar-refractivity contribution is -0.384. The molecule has 1 aliphatic rings. The number of halogens is 1. The first-order valence-electron chi connectivity index (χ1n) is 6.03. The van der Waals surface area contributed by atoms with Crippen LogP contribution >= 0.6 is 15.9 Å². The Morgan fingerprint density at radius 1 is 1.63 bits per heavy atom. The Hall–Kier alpha value is -1.40. The number of hydrogen-bond donors (Lipinski definition) is 0. The smallest absolute Gasteiger partial charge is 0.270 e. The van der Waals surface area contributed by atoms with Gasteiger partial charge >= 0.3 is 0 Å². The van der Waals surface area contributed by atoms with Crippen LogP contribution in [0.5, 0.6) is 0 Å². The number of nitrogens with zero attached hydrogens (tertiary/aromatic N) is 2. The zero-order chi connectivity index (χ0) is 13.8. The van der Waals surface area contributed by atoms with Gasteiger partial charge in [0.15, 0.2) is 0 Å². The molecule has 1 saturated heterocycles. The summed E-state index contributed by atoms with van der Waals surface area (Å²) in [5.41, 5.74) is 1.06. The van der Waals surface area contributed by atoms with E-state index >= 15 is 0 Å². The van der Waals surface area contributed by atoms with Gasteiger partial charge in [-0.05, 0) is 28.4 Å². The molecule has 0 saturated carbocycles. The third kappa shape index (κ3) is 3.33. The molecule has 1 aromatic carbocycles. The fourth-order valence-electron chi connectivity index (χ4n) is 2.15. The number of nitro groups is 1. The molecule has 6 heteroatoms. The first kappa shape index (κ1) is 14.0. The van der Waals surface area contributed by atoms with Gasteiger partial charge in [-0.15, -0.1) is 6.58 Å². The maximum atomic E-state index is 10.7. The molecule has 1 atom stereocenters. The summed E-state index contributed by atoms with van der Waals surface area (Å²) in [6.45, 7) is 5.87. The van der Waals surface area contributed by atoms with Gasteiger partial charge in [0.05, 0.1) is 23.3 Å². The Labute approximate surface area is 120 Å². The quantitative estimate of drug-likeness (QED) is 0.474. The van der Waals surface area contributed by atoms with Crippen molar-refractivity contribution < 1.29 is 9.66 Å². The van der Waals surface area contributed by atoms with Gasteiger partial charge < -0.3 is 9.64 Å². The molecule has 0 spiro atoms. The highest BCUT2D eigenvalue weighted by molar-refractivity contribution is 9.10. The van der Waals surface area contributed by atoms with Crippen LogP contribution in [-0.2, 0) is 4.74 Å². The second kappa shape index (κ2) is 6.16. The standard InChI is InChI=1S/C13H15BrN2O3/c1-2-7-19-11-5-6-15(9-11)13-4-3-10(16(17)18)8-12(13)14/h2-4,8,11H,1,5-7,9H2. The van der Waals surface area contributed by atoms with Crippen molar-refractivity contribution in [2.45, 2.75) is 12.5 Å². The van der Waals surface area contributed by atoms with Crippen LogP contribution in [0.4, 0.5) is 11.4 Å². The second-order valence-corrected chi connectivity index (χ2v) is 5.23. The minimum Gasteiger partial charge on any atom is -0.372 e. The third-order valence-electron chi connectivity index (χ3n) is 3.08. The van der Waals surface area contributed by atoms with Crippen molar-refractivity contribution in [2.24, 2.45) is 0 Å². The van der Waals surface area contributed by atoms with Gasteiger partial charge in [-0.1, -0.05) is 6.08 Å². The van der Waals surface area contributed by atoms with Crippen molar-refractivity contribution in [2.75, 3.05) is 24.6 Å². The molecular formula is C13H15BrN2O3. The number of nitro benzene ring substituents is 1. The molecular weight excluding hydrogens is 312 g/mol. The van der Waals surface area contributed by atoms with Crippen molar-refractivity contribution in [3.63, 3.8) is 0 Å². The zero-order valence-electron chi connectivity index (χ0n) is 10.4. The summed E-state index contributed by atoms with van der Waals surface area (Å²) in [5.74, 6) is 0. The molecule has 102 valence electrons. The van der Waals surface area contributed by atoms with Crippen LogP contribution in [0.25, 0.3) is 0 Å². The molecule has 19 heavy (non-hydrogen) atoms. The van der Waals surface area contributed by atoms with Gasteiger partial charge in [0.25, 0.3) is 5.69 Å². The molecule has 1 aromatic rings. The first-order chi connectivity index (χ1) is 9.11. The molecule has 1 heterocycles. The highest BCUT2D eigenvalue weighted by atomic mass is 79.9. The van der Waals surface area contributed by atoms with Gasteiger partial charge in [-0.2, -0.15) is 0 Å². The van der Waals surface area contributed by atoms with Crippen LogP contribution in [0.2, 0.25) is 0 Å². The number of non-ortho nitro benzene ring substituents is 1. The summed E-state index contributed by atoms with van der Waals surface area (Å²) in [6, 6.07) is 4.84. The highest BCUT2D eigenvalue weighted by Crippen LogP contribution is 2.32. The minimum absolute atomic E-state index is 0.0919. The number of hydrogen-bond acceptors (Lipinski definition) is 4. The van der Waals surface area contributed by atoms with Crippen molar-refractivity contribution >= 4 is 27.3 Å². The number of ether oxygens (including phenoxy) is 1. The lowest BCUT2D eigenvalue weighted by atomic mass is 10.2. The van der Waals surface area contributed by atoms with Crippen LogP contribution in [0.1, 0.15) is 6.42 Å². The van der Waals surface area contributed by atoms with Crippen LogP contribution in [-0.4, -0.2) is 30.7 Å². The Balaban J connectivity index is 2.07. The van der Waals surface area contributed by atoms with Crippen molar-refractivity contribution in [1.29, 1.82) is 0 Å². The monoisotopic (exact) mass is 326 g/mol. The Morgan fingerprint density at radius 3 is 3.05 bits per heavy atom. The van der Waals surface area contributed by atoms with Crippen LogP contribution in [0.3, 0.4) is 0 Å². The summed E-state index contributed by atoms with van der Waals surface area (Å²) in [4.78, 5) is 12.5. The van der Waals surface area contributed by atoms with Crippen molar-refractivity contribution in [3.8, 4) is 0 Å². The largest absolute Gasteiger partial charge is 0.372 e. The normalized spacial score (nSPS) is 18.6. The van der Waals surface area contributed by atoms with E-state index in [1.54, 1.807) is 12.1 Å². The molecule has 1 aliphatic heterocycles. The Morgan fingerprint density at radius 2 is 2.42 bits per heavy atom. The number of benzene rings is 1. The Bertz CT molecular complexity index is 493. The van der Waals surface area contributed by atoms with Crippen molar-refractivity contribution in [1.82, 2.24) is 0 Å². The fourth-order valence-corrected chi connectivity index (χ4v) is 2.77. The number of anilines is 1. The van der Waals surface area contributed by atoms with E-state index in [-0.39, 0.29) is 11.8 Å². The van der Waals surface area contributed by atoms with E-state index < -0.39 is 4.92 Å². The molecule has 0 N–H and O–H groups in total. The Kier molecular flexibility index (Phi) is 4.55. The molecule has 0 amide bonds. The maximum Gasteiger partial charge on any atom is 0.270 e. The predicted octanol–water partition coefficient (Wildman–Crippen LogP) is 3.14. The molecule has 0 radical (unpaired) electrons. The van der Waals surface area contributed by atoms with Gasteiger partial charge in [-0.3, -0.25) is 10.1 Å². The van der Waals surface area contributed by atoms with Crippen LogP contribution in [0, 0.1) is 10.1 Å². The van der Waals surface area contributed by atoms with Gasteiger partial charge in [0, 0.05) is 29.7 Å². The van der Waals surface area contributed by atoms with E-state index in [0.717, 1.165) is 29.7 Å². The van der Waals surface area contributed by atoms with Crippen LogP contribution in [0.15, 0.2) is 35.3 Å². The van der Waals surface area contributed by atoms with E-state index in [4.69, 9.17) is 4.74 Å². The summed E-state index contributed by atoms with van der Waals surface area (Å²) in [6.07, 6.45) is 2.89. The maximum absolute atomic E-state index is 10.7. The molecule has 0 bridgehead atoms. The molecule has 0 aromatic heterocycles. The molecule has 5 nitrogen and oxygen atoms in total. The average molecular weight is 327 g/mol. The van der Waals surface area contributed by atoms with E-state index in [2.05, 4.69) is 27.4 Å². The lowest BCUT2D eigenvalue weighted by Crippen LogP contribution is -2.23. The summed E-state index contributed by atoms with van der Waals surface area (Å²) >= 11 is 3.39. The SMILES string of the molecule is C=CCOC1CCN(c2ccc([N+](=O)[O-])cc2Br)C1. The summed E-state index contributed by atoms with van der Waals surface area (Å²) in [7, 11) is 0. The van der Waals surface area contributed by atoms with E-state index in [1.807, 2.05) is 0 Å². The van der Waals surface area contributed by atoms with Crippen molar-refractivity contribution in [3.05, 3.63) is 45.4 Å². The highest BCUT2D eigenvalue weighted by Gasteiger charge is 2.24. The molecule has 1 fully saturated rings. The molecule has 2 rings (SSSR count). The lowest BCUT2D eigenvalue weighted by Gasteiger charge is -2.20. The zero-order valence-corrected chi connectivity index (χ0v) is 12.0. The van der Waals surface area contributed by atoms with E-state index in [0.29, 0.717) is 6.61 Å². The summed E-state index contributed by atoms with van der Waals surface area (Å²) < 4.78 is 6.36. The fraction of sp³-hybridized carbons (Fsp3) is 0.385. The van der Waals surface area contributed by atoms with Gasteiger partial charge in [0.2, 0.25) is 0 Å². The van der Waals surface area contributed by atoms with E-state index in [9.17, 15) is 10.1 Å². The predicted molar refractivity (Wildman–Crippen MR) is 77.6 cm³/mol. The molecule has 0 aliphatic carbocycles. The molecule has 1 unspecified atom stereocenters. The third-order valence-corrected chi connectivity index (χ3v) is 3.71. The van der Waals surface area contributed by atoms with Gasteiger partial charge in [-0.25, -0.2) is 0 Å². The van der Waals surface area contributed by atoms with E-state index in [1.165, 1.54) is 12.1 Å². The minimum atomic E-state index is -0.394. The second-order valence-electron chi connectivity index (χ2n) is 4.37. The van der Waals surface area contributed by atoms with Gasteiger partial charge in [0.1, 0.15) is 0 Å². The van der Waals surface area contributed by atoms with Crippen LogP contribution < -0.4 is 4.90 Å². The first-order valence-corrected chi connectivity index (χ1v) is 6.82. The number of rotatable bonds is 5. The topological polar surface area (TPSA) is 55.6 Å². The summed E-state index contributed by atoms with van der Waals surface area (Å²) in [5, 5.41) is 10.7.